The highest BCUT2D eigenvalue weighted by molar-refractivity contribution is 5.98. The van der Waals surface area contributed by atoms with E-state index in [1.54, 1.807) is 0 Å². The van der Waals surface area contributed by atoms with Crippen molar-refractivity contribution in [2.75, 3.05) is 13.2 Å². The third kappa shape index (κ3) is 5.42. The zero-order valence-corrected chi connectivity index (χ0v) is 10.4. The molecular weight excluding hydrogens is 236 g/mol. The highest BCUT2D eigenvalue weighted by Crippen LogP contribution is 2.22. The number of carbonyl (C=O) groups excluding carboxylic acids is 1. The van der Waals surface area contributed by atoms with Crippen molar-refractivity contribution < 1.29 is 24.5 Å². The van der Waals surface area contributed by atoms with Gasteiger partial charge in [0.25, 0.3) is 0 Å². The van der Waals surface area contributed by atoms with Gasteiger partial charge in [0.15, 0.2) is 5.78 Å². The van der Waals surface area contributed by atoms with Gasteiger partial charge in [-0.15, -0.1) is 0 Å². The lowest BCUT2D eigenvalue weighted by Crippen LogP contribution is -2.11. The maximum Gasteiger partial charge on any atom is 0.303 e. The summed E-state index contributed by atoms with van der Waals surface area (Å²) < 4.78 is 5.29. The summed E-state index contributed by atoms with van der Waals surface area (Å²) in [7, 11) is 0. The van der Waals surface area contributed by atoms with Crippen molar-refractivity contribution in [1.82, 2.24) is 0 Å². The van der Waals surface area contributed by atoms with E-state index in [1.807, 2.05) is 6.08 Å². The maximum atomic E-state index is 11.6. The van der Waals surface area contributed by atoms with Gasteiger partial charge in [-0.1, -0.05) is 6.42 Å². The predicted molar refractivity (Wildman–Crippen MR) is 65.3 cm³/mol. The summed E-state index contributed by atoms with van der Waals surface area (Å²) in [5.41, 5.74) is 0.785. The number of rotatable bonds is 9. The molecule has 5 heteroatoms. The molecule has 0 aliphatic heterocycles. The second kappa shape index (κ2) is 8.00. The second-order valence-electron chi connectivity index (χ2n) is 4.41. The lowest BCUT2D eigenvalue weighted by molar-refractivity contribution is -0.137. The molecule has 2 N–H and O–H groups in total. The van der Waals surface area contributed by atoms with Crippen molar-refractivity contribution in [3.05, 3.63) is 11.6 Å². The van der Waals surface area contributed by atoms with E-state index in [0.29, 0.717) is 19.3 Å². The van der Waals surface area contributed by atoms with Crippen LogP contribution in [0.25, 0.3) is 0 Å². The first-order chi connectivity index (χ1) is 8.63. The van der Waals surface area contributed by atoms with Crippen molar-refractivity contribution in [3.63, 3.8) is 0 Å². The summed E-state index contributed by atoms with van der Waals surface area (Å²) in [6, 6.07) is 0. The van der Waals surface area contributed by atoms with E-state index in [-0.39, 0.29) is 31.5 Å². The Kier molecular flexibility index (Phi) is 6.60. The number of unbranched alkanes of at least 4 members (excludes halogenated alkanes) is 2. The van der Waals surface area contributed by atoms with Crippen molar-refractivity contribution in [2.45, 2.75) is 44.6 Å². The van der Waals surface area contributed by atoms with E-state index in [9.17, 15) is 9.59 Å². The Balaban J connectivity index is 2.20. The van der Waals surface area contributed by atoms with E-state index in [1.165, 1.54) is 0 Å². The standard InChI is InChI=1S/C13H20O5/c14-6-7-18-11-8-10(12(15)9-11)4-2-1-3-5-13(16)17/h8,11,14H,1-7,9H2,(H,16,17). The molecular formula is C13H20O5. The molecule has 0 spiro atoms. The quantitative estimate of drug-likeness (QED) is 0.607. The molecule has 1 atom stereocenters. The van der Waals surface area contributed by atoms with Crippen LogP contribution >= 0.6 is 0 Å². The Morgan fingerprint density at radius 1 is 1.39 bits per heavy atom. The van der Waals surface area contributed by atoms with Crippen LogP contribution in [0.3, 0.4) is 0 Å². The Labute approximate surface area is 106 Å². The largest absolute Gasteiger partial charge is 0.481 e. The lowest BCUT2D eigenvalue weighted by atomic mass is 10.1. The molecule has 18 heavy (non-hydrogen) atoms. The number of aliphatic hydroxyl groups is 1. The molecule has 0 radical (unpaired) electrons. The van der Waals surface area contributed by atoms with E-state index >= 15 is 0 Å². The molecule has 0 aromatic rings. The Morgan fingerprint density at radius 2 is 2.17 bits per heavy atom. The first-order valence-corrected chi connectivity index (χ1v) is 6.31. The van der Waals surface area contributed by atoms with Crippen LogP contribution in [0.2, 0.25) is 0 Å². The number of Topliss-reactive ketones (excluding diaryl/α,β-unsaturated/α-hetero) is 1. The fourth-order valence-corrected chi connectivity index (χ4v) is 1.99. The summed E-state index contributed by atoms with van der Waals surface area (Å²) in [5, 5.41) is 17.1. The first kappa shape index (κ1) is 14.9. The number of carboxylic acids is 1. The fraction of sp³-hybridized carbons (Fsp3) is 0.692. The Morgan fingerprint density at radius 3 is 2.83 bits per heavy atom. The van der Waals surface area contributed by atoms with E-state index in [0.717, 1.165) is 18.4 Å². The monoisotopic (exact) mass is 256 g/mol. The molecule has 0 aromatic carbocycles. The molecule has 0 bridgehead atoms. The van der Waals surface area contributed by atoms with Gasteiger partial charge in [0.2, 0.25) is 0 Å². The minimum Gasteiger partial charge on any atom is -0.481 e. The normalized spacial score (nSPS) is 19.1. The molecule has 0 fully saturated rings. The number of carboxylic acid groups (broad SMARTS) is 1. The van der Waals surface area contributed by atoms with Crippen molar-refractivity contribution in [1.29, 1.82) is 0 Å². The third-order valence-corrected chi connectivity index (χ3v) is 2.89. The van der Waals surface area contributed by atoms with Gasteiger partial charge >= 0.3 is 5.97 Å². The summed E-state index contributed by atoms with van der Waals surface area (Å²) in [6.07, 6.45) is 5.18. The van der Waals surface area contributed by atoms with Crippen molar-refractivity contribution in [2.24, 2.45) is 0 Å². The number of aliphatic hydroxyl groups excluding tert-OH is 1. The van der Waals surface area contributed by atoms with Crippen molar-refractivity contribution in [3.8, 4) is 0 Å². The number of allylic oxidation sites excluding steroid dienone is 1. The fourth-order valence-electron chi connectivity index (χ4n) is 1.99. The third-order valence-electron chi connectivity index (χ3n) is 2.89. The molecule has 1 unspecified atom stereocenters. The van der Waals surface area contributed by atoms with Crippen LogP contribution in [0.15, 0.2) is 11.6 Å². The lowest BCUT2D eigenvalue weighted by Gasteiger charge is -2.05. The summed E-state index contributed by atoms with van der Waals surface area (Å²) in [6.45, 7) is 0.212. The van der Waals surface area contributed by atoms with Gasteiger partial charge < -0.3 is 14.9 Å². The molecule has 1 aliphatic carbocycles. The number of aliphatic carboxylic acids is 1. The molecule has 1 rings (SSSR count). The Bertz CT molecular complexity index is 321. The average Bonchev–Trinajstić information content (AvgIpc) is 2.67. The predicted octanol–water partition coefficient (Wildman–Crippen LogP) is 1.30. The van der Waals surface area contributed by atoms with Gasteiger partial charge in [0.1, 0.15) is 0 Å². The number of hydrogen-bond acceptors (Lipinski definition) is 4. The zero-order valence-electron chi connectivity index (χ0n) is 10.4. The molecule has 0 saturated carbocycles. The number of ether oxygens (including phenoxy) is 1. The molecule has 0 saturated heterocycles. The SMILES string of the molecule is O=C(O)CCCCCC1=CC(OCCO)CC1=O. The number of carbonyl (C=O) groups is 2. The van der Waals surface area contributed by atoms with Gasteiger partial charge in [-0.25, -0.2) is 0 Å². The second-order valence-corrected chi connectivity index (χ2v) is 4.41. The van der Waals surface area contributed by atoms with E-state index < -0.39 is 5.97 Å². The minimum absolute atomic E-state index is 0.0386. The minimum atomic E-state index is -0.774. The van der Waals surface area contributed by atoms with E-state index in [4.69, 9.17) is 14.9 Å². The van der Waals surface area contributed by atoms with Crippen LogP contribution in [0.1, 0.15) is 38.5 Å². The van der Waals surface area contributed by atoms with Gasteiger partial charge in [-0.3, -0.25) is 9.59 Å². The molecule has 0 aromatic heterocycles. The van der Waals surface area contributed by atoms with Gasteiger partial charge in [-0.05, 0) is 30.9 Å². The summed E-state index contributed by atoms with van der Waals surface area (Å²) in [5.74, 6) is -0.667. The highest BCUT2D eigenvalue weighted by atomic mass is 16.5. The molecule has 102 valence electrons. The molecule has 1 aliphatic rings. The number of hydrogen-bond donors (Lipinski definition) is 2. The highest BCUT2D eigenvalue weighted by Gasteiger charge is 2.23. The van der Waals surface area contributed by atoms with Gasteiger partial charge in [-0.2, -0.15) is 0 Å². The van der Waals surface area contributed by atoms with Crippen LogP contribution < -0.4 is 0 Å². The number of ketones is 1. The smallest absolute Gasteiger partial charge is 0.303 e. The summed E-state index contributed by atoms with van der Waals surface area (Å²) >= 11 is 0. The maximum absolute atomic E-state index is 11.6. The summed E-state index contributed by atoms with van der Waals surface area (Å²) in [4.78, 5) is 21.9. The van der Waals surface area contributed by atoms with Crippen molar-refractivity contribution >= 4 is 11.8 Å². The first-order valence-electron chi connectivity index (χ1n) is 6.31. The van der Waals surface area contributed by atoms with Crippen LogP contribution in [-0.4, -0.2) is 41.3 Å². The van der Waals surface area contributed by atoms with Crippen LogP contribution in [0, 0.1) is 0 Å². The molecule has 5 nitrogen and oxygen atoms in total. The zero-order chi connectivity index (χ0) is 13.4. The van der Waals surface area contributed by atoms with Crippen LogP contribution in [0.4, 0.5) is 0 Å². The topological polar surface area (TPSA) is 83.8 Å². The van der Waals surface area contributed by atoms with E-state index in [2.05, 4.69) is 0 Å². The average molecular weight is 256 g/mol. The van der Waals surface area contributed by atoms with Gasteiger partial charge in [0.05, 0.1) is 19.3 Å². The Hall–Kier alpha value is -1.20. The molecule has 0 heterocycles. The van der Waals surface area contributed by atoms with Crippen LogP contribution in [-0.2, 0) is 14.3 Å². The van der Waals surface area contributed by atoms with Gasteiger partial charge in [0, 0.05) is 12.8 Å². The molecule has 0 amide bonds. The van der Waals surface area contributed by atoms with Crippen LogP contribution in [0.5, 0.6) is 0 Å².